The third kappa shape index (κ3) is 4.77. The number of rotatable bonds is 4. The Bertz CT molecular complexity index is 3870. The lowest BCUT2D eigenvalue weighted by atomic mass is 9.92. The van der Waals surface area contributed by atoms with Gasteiger partial charge in [-0.25, -0.2) is 15.0 Å². The van der Waals surface area contributed by atoms with E-state index < -0.39 is 0 Å². The minimum Gasteiger partial charge on any atom is -0.456 e. The molecule has 0 amide bonds. The predicted molar refractivity (Wildman–Crippen MR) is 238 cm³/mol. The van der Waals surface area contributed by atoms with Gasteiger partial charge in [0.1, 0.15) is 33.5 Å². The van der Waals surface area contributed by atoms with Gasteiger partial charge in [-0.15, -0.1) is 0 Å². The first-order chi connectivity index (χ1) is 29.2. The Balaban J connectivity index is 1.08. The van der Waals surface area contributed by atoms with Gasteiger partial charge in [0.15, 0.2) is 17.5 Å². The van der Waals surface area contributed by atoms with Crippen molar-refractivity contribution < 1.29 is 13.3 Å². The van der Waals surface area contributed by atoms with Crippen LogP contribution in [-0.4, -0.2) is 15.0 Å². The molecule has 13 rings (SSSR count). The molecule has 13 aromatic rings. The third-order valence-electron chi connectivity index (χ3n) is 11.8. The zero-order valence-corrected chi connectivity index (χ0v) is 31.3. The van der Waals surface area contributed by atoms with Crippen molar-refractivity contribution in [3.63, 3.8) is 0 Å². The van der Waals surface area contributed by atoms with E-state index in [-0.39, 0.29) is 0 Å². The predicted octanol–water partition coefficient (Wildman–Crippen LogP) is 14.5. The summed E-state index contributed by atoms with van der Waals surface area (Å²) in [5, 5.41) is 10.6. The van der Waals surface area contributed by atoms with Gasteiger partial charge in [0, 0.05) is 49.0 Å². The van der Waals surface area contributed by atoms with Crippen LogP contribution < -0.4 is 0 Å². The van der Waals surface area contributed by atoms with Crippen molar-refractivity contribution in [3.05, 3.63) is 176 Å². The van der Waals surface area contributed by atoms with Crippen LogP contribution in [0.15, 0.2) is 189 Å². The van der Waals surface area contributed by atoms with Crippen LogP contribution in [-0.2, 0) is 0 Å². The number of hydrogen-bond acceptors (Lipinski definition) is 6. The second kappa shape index (κ2) is 12.2. The average molecular weight is 756 g/mol. The molecule has 0 aliphatic rings. The highest BCUT2D eigenvalue weighted by Gasteiger charge is 2.21. The molecule has 0 saturated carbocycles. The maximum atomic E-state index is 6.34. The van der Waals surface area contributed by atoms with E-state index in [2.05, 4.69) is 115 Å². The Morgan fingerprint density at radius 3 is 1.39 bits per heavy atom. The lowest BCUT2D eigenvalue weighted by Crippen LogP contribution is -2.01. The van der Waals surface area contributed by atoms with Crippen molar-refractivity contribution in [1.82, 2.24) is 15.0 Å². The Hall–Kier alpha value is -8.09. The monoisotopic (exact) mass is 755 g/mol. The normalized spacial score (nSPS) is 12.1. The number of nitrogens with zero attached hydrogens (tertiary/aromatic N) is 3. The van der Waals surface area contributed by atoms with Gasteiger partial charge in [0.2, 0.25) is 0 Å². The Labute approximate surface area is 335 Å². The summed E-state index contributed by atoms with van der Waals surface area (Å²) in [6.45, 7) is 0. The van der Waals surface area contributed by atoms with Gasteiger partial charge in [-0.1, -0.05) is 127 Å². The SMILES string of the molecule is c1ccc2c(c1)oc1cccc(-c3nc(-c4ccc5ccc6oc7ccccc7c6c5c4)nc(-c4ccc(-c5cccc6oc7ccccc7c56)c5ccccc45)n3)c12. The summed E-state index contributed by atoms with van der Waals surface area (Å²) < 4.78 is 18.9. The first kappa shape index (κ1) is 32.0. The Morgan fingerprint density at radius 2 is 0.729 bits per heavy atom. The van der Waals surface area contributed by atoms with Crippen LogP contribution >= 0.6 is 0 Å². The summed E-state index contributed by atoms with van der Waals surface area (Å²) in [5.41, 5.74) is 9.92. The maximum Gasteiger partial charge on any atom is 0.164 e. The van der Waals surface area contributed by atoms with Gasteiger partial charge in [-0.2, -0.15) is 0 Å². The highest BCUT2D eigenvalue weighted by Crippen LogP contribution is 2.43. The van der Waals surface area contributed by atoms with Crippen LogP contribution in [0.3, 0.4) is 0 Å². The molecule has 0 saturated heterocycles. The molecule has 4 heterocycles. The van der Waals surface area contributed by atoms with E-state index in [1.807, 2.05) is 60.7 Å². The topological polar surface area (TPSA) is 78.1 Å². The van der Waals surface area contributed by atoms with E-state index in [1.54, 1.807) is 0 Å². The van der Waals surface area contributed by atoms with Gasteiger partial charge in [-0.3, -0.25) is 0 Å². The zero-order chi connectivity index (χ0) is 38.6. The van der Waals surface area contributed by atoms with Crippen molar-refractivity contribution in [2.45, 2.75) is 0 Å². The van der Waals surface area contributed by atoms with Crippen LogP contribution in [0.4, 0.5) is 0 Å². The molecule has 6 heteroatoms. The number of furan rings is 3. The summed E-state index contributed by atoms with van der Waals surface area (Å²) in [6.07, 6.45) is 0. The van der Waals surface area contributed by atoms with E-state index >= 15 is 0 Å². The number of aromatic nitrogens is 3. The number of para-hydroxylation sites is 3. The fourth-order valence-corrected chi connectivity index (χ4v) is 9.12. The van der Waals surface area contributed by atoms with Gasteiger partial charge in [-0.05, 0) is 81.2 Å². The first-order valence-corrected chi connectivity index (χ1v) is 19.7. The molecule has 59 heavy (non-hydrogen) atoms. The summed E-state index contributed by atoms with van der Waals surface area (Å²) in [5.74, 6) is 1.72. The van der Waals surface area contributed by atoms with Gasteiger partial charge < -0.3 is 13.3 Å². The third-order valence-corrected chi connectivity index (χ3v) is 11.8. The second-order valence-corrected chi connectivity index (χ2v) is 15.0. The fraction of sp³-hybridized carbons (Fsp3) is 0. The lowest BCUT2D eigenvalue weighted by molar-refractivity contribution is 0.668. The van der Waals surface area contributed by atoms with Gasteiger partial charge in [0.05, 0.1) is 0 Å². The molecule has 0 aliphatic heterocycles. The van der Waals surface area contributed by atoms with Crippen molar-refractivity contribution >= 4 is 87.4 Å². The minimum absolute atomic E-state index is 0.567. The Morgan fingerprint density at radius 1 is 0.271 bits per heavy atom. The smallest absolute Gasteiger partial charge is 0.164 e. The van der Waals surface area contributed by atoms with E-state index in [0.717, 1.165) is 115 Å². The van der Waals surface area contributed by atoms with Crippen LogP contribution in [0.5, 0.6) is 0 Å². The van der Waals surface area contributed by atoms with Crippen LogP contribution in [0, 0.1) is 0 Å². The minimum atomic E-state index is 0.567. The number of benzene rings is 9. The Kier molecular flexibility index (Phi) is 6.63. The number of fused-ring (bicyclic) bond motifs is 12. The summed E-state index contributed by atoms with van der Waals surface area (Å²) >= 11 is 0. The second-order valence-electron chi connectivity index (χ2n) is 15.0. The molecule has 9 aromatic carbocycles. The molecular weight excluding hydrogens is 727 g/mol. The quantitative estimate of drug-likeness (QED) is 0.178. The first-order valence-electron chi connectivity index (χ1n) is 19.7. The highest BCUT2D eigenvalue weighted by atomic mass is 16.3. The van der Waals surface area contributed by atoms with Crippen LogP contribution in [0.2, 0.25) is 0 Å². The average Bonchev–Trinajstić information content (AvgIpc) is 4.00. The summed E-state index contributed by atoms with van der Waals surface area (Å²) in [7, 11) is 0. The maximum absolute atomic E-state index is 6.34. The molecule has 0 unspecified atom stereocenters. The molecule has 274 valence electrons. The van der Waals surface area contributed by atoms with Crippen LogP contribution in [0.25, 0.3) is 133 Å². The molecule has 6 nitrogen and oxygen atoms in total. The molecule has 0 bridgehead atoms. The summed E-state index contributed by atoms with van der Waals surface area (Å²) in [4.78, 5) is 15.9. The highest BCUT2D eigenvalue weighted by molar-refractivity contribution is 6.20. The van der Waals surface area contributed by atoms with Gasteiger partial charge >= 0.3 is 0 Å². The lowest BCUT2D eigenvalue weighted by Gasteiger charge is -2.14. The molecule has 4 aromatic heterocycles. The van der Waals surface area contributed by atoms with E-state index in [4.69, 9.17) is 28.2 Å². The van der Waals surface area contributed by atoms with Crippen LogP contribution in [0.1, 0.15) is 0 Å². The largest absolute Gasteiger partial charge is 0.456 e. The standard InChI is InChI=1S/C53H29N3O3/c1-2-12-33-32(11-1)34(35-16-9-21-45-48(35)37-13-3-6-18-42(37)57-45)26-27-36(33)52-54-51(55-53(56-52)40-17-10-22-46-49(40)38-14-4-7-19-43(38)58-46)31-24-23-30-25-28-47-50(41(30)29-31)39-15-5-8-20-44(39)59-47/h1-29H. The molecule has 0 radical (unpaired) electrons. The number of hydrogen-bond donors (Lipinski definition) is 0. The molecule has 0 N–H and O–H groups in total. The molecular formula is C53H29N3O3. The molecule has 0 aliphatic carbocycles. The zero-order valence-electron chi connectivity index (χ0n) is 31.3. The van der Waals surface area contributed by atoms with Crippen molar-refractivity contribution in [1.29, 1.82) is 0 Å². The van der Waals surface area contributed by atoms with Gasteiger partial charge in [0.25, 0.3) is 0 Å². The molecule has 0 atom stereocenters. The van der Waals surface area contributed by atoms with Crippen molar-refractivity contribution in [2.24, 2.45) is 0 Å². The van der Waals surface area contributed by atoms with Crippen molar-refractivity contribution in [3.8, 4) is 45.3 Å². The van der Waals surface area contributed by atoms with E-state index in [1.165, 1.54) is 0 Å². The van der Waals surface area contributed by atoms with Crippen molar-refractivity contribution in [2.75, 3.05) is 0 Å². The molecule has 0 spiro atoms. The van der Waals surface area contributed by atoms with E-state index in [9.17, 15) is 0 Å². The van der Waals surface area contributed by atoms with E-state index in [0.29, 0.717) is 17.5 Å². The fourth-order valence-electron chi connectivity index (χ4n) is 9.12. The molecule has 0 fully saturated rings. The summed E-state index contributed by atoms with van der Waals surface area (Å²) in [6, 6.07) is 60.4.